The van der Waals surface area contributed by atoms with Gasteiger partial charge in [0.25, 0.3) is 5.91 Å². The monoisotopic (exact) mass is 527 g/mol. The van der Waals surface area contributed by atoms with Gasteiger partial charge in [-0.05, 0) is 112 Å². The van der Waals surface area contributed by atoms with Gasteiger partial charge in [-0.25, -0.2) is 0 Å². The molecule has 2 aromatic carbocycles. The van der Waals surface area contributed by atoms with Crippen LogP contribution in [0.2, 0.25) is 0 Å². The maximum absolute atomic E-state index is 12.6. The van der Waals surface area contributed by atoms with Gasteiger partial charge in [0, 0.05) is 15.7 Å². The number of anilines is 1. The lowest BCUT2D eigenvalue weighted by atomic mass is 9.62. The normalized spacial score (nSPS) is 16.6. The van der Waals surface area contributed by atoms with Gasteiger partial charge < -0.3 is 9.73 Å². The van der Waals surface area contributed by atoms with E-state index in [1.165, 1.54) is 35.1 Å². The minimum absolute atomic E-state index is 0.176. The summed E-state index contributed by atoms with van der Waals surface area (Å²) in [4.78, 5) is 12.6. The Morgan fingerprint density at radius 1 is 0.968 bits per heavy atom. The molecule has 1 aromatic heterocycles. The van der Waals surface area contributed by atoms with Crippen LogP contribution >= 0.6 is 22.6 Å². The van der Waals surface area contributed by atoms with Crippen molar-refractivity contribution in [2.45, 2.75) is 64.7 Å². The summed E-state index contributed by atoms with van der Waals surface area (Å²) in [6.07, 6.45) is 3.09. The number of fused-ring (bicyclic) bond motifs is 1. The van der Waals surface area contributed by atoms with Crippen LogP contribution in [0.25, 0.3) is 0 Å². The van der Waals surface area contributed by atoms with E-state index in [1.54, 1.807) is 6.07 Å². The fourth-order valence-corrected chi connectivity index (χ4v) is 4.83. The SMILES string of the molecule is Cc1cc2c(cc1Cc1ccc(C(=O)Nc3ccc(I)cc3)o1)C(C)(C)CCC2(C)C. The number of benzene rings is 2. The van der Waals surface area contributed by atoms with Crippen LogP contribution in [-0.4, -0.2) is 5.91 Å². The Balaban J connectivity index is 1.56. The molecule has 1 N–H and O–H groups in total. The quantitative estimate of drug-likeness (QED) is 0.360. The van der Waals surface area contributed by atoms with E-state index in [4.69, 9.17) is 4.42 Å². The third-order valence-electron chi connectivity index (χ3n) is 6.66. The van der Waals surface area contributed by atoms with Crippen molar-refractivity contribution in [1.82, 2.24) is 0 Å². The number of hydrogen-bond donors (Lipinski definition) is 1. The van der Waals surface area contributed by atoms with Crippen molar-refractivity contribution in [3.8, 4) is 0 Å². The molecule has 1 heterocycles. The lowest BCUT2D eigenvalue weighted by Gasteiger charge is -2.42. The number of nitrogens with one attached hydrogen (secondary N) is 1. The molecule has 0 radical (unpaired) electrons. The summed E-state index contributed by atoms with van der Waals surface area (Å²) < 4.78 is 7.05. The third-order valence-corrected chi connectivity index (χ3v) is 7.38. The van der Waals surface area contributed by atoms with E-state index < -0.39 is 0 Å². The van der Waals surface area contributed by atoms with Gasteiger partial charge in [0.05, 0.1) is 0 Å². The predicted molar refractivity (Wildman–Crippen MR) is 135 cm³/mol. The van der Waals surface area contributed by atoms with Crippen LogP contribution < -0.4 is 5.32 Å². The van der Waals surface area contributed by atoms with Crippen molar-refractivity contribution in [2.24, 2.45) is 0 Å². The number of furan rings is 1. The Hall–Kier alpha value is -2.08. The molecule has 0 unspecified atom stereocenters. The van der Waals surface area contributed by atoms with E-state index >= 15 is 0 Å². The van der Waals surface area contributed by atoms with E-state index in [2.05, 4.69) is 74.7 Å². The van der Waals surface area contributed by atoms with Crippen LogP contribution in [0.5, 0.6) is 0 Å². The molecular weight excluding hydrogens is 497 g/mol. The summed E-state index contributed by atoms with van der Waals surface area (Å²) >= 11 is 2.24. The van der Waals surface area contributed by atoms with E-state index in [0.29, 0.717) is 12.2 Å². The molecule has 0 fully saturated rings. The minimum Gasteiger partial charge on any atom is -0.456 e. The average Bonchev–Trinajstić information content (AvgIpc) is 3.17. The molecule has 3 nitrogen and oxygen atoms in total. The number of rotatable bonds is 4. The Morgan fingerprint density at radius 2 is 1.58 bits per heavy atom. The standard InChI is InChI=1S/C27H30INO2/c1-17-14-22-23(27(4,5)13-12-26(22,2)3)16-18(17)15-21-10-11-24(31-21)25(30)29-20-8-6-19(28)7-9-20/h6-11,14,16H,12-13,15H2,1-5H3,(H,29,30). The van der Waals surface area contributed by atoms with Gasteiger partial charge in [-0.15, -0.1) is 0 Å². The van der Waals surface area contributed by atoms with Crippen molar-refractivity contribution >= 4 is 34.2 Å². The van der Waals surface area contributed by atoms with E-state index in [-0.39, 0.29) is 16.7 Å². The van der Waals surface area contributed by atoms with E-state index in [9.17, 15) is 4.79 Å². The number of amides is 1. The molecule has 1 aliphatic rings. The fraction of sp³-hybridized carbons (Fsp3) is 0.370. The Morgan fingerprint density at radius 3 is 2.23 bits per heavy atom. The summed E-state index contributed by atoms with van der Waals surface area (Å²) in [7, 11) is 0. The zero-order valence-electron chi connectivity index (χ0n) is 18.9. The average molecular weight is 527 g/mol. The molecule has 1 amide bonds. The highest BCUT2D eigenvalue weighted by Crippen LogP contribution is 2.46. The fourth-order valence-electron chi connectivity index (χ4n) is 4.47. The maximum atomic E-state index is 12.6. The second-order valence-electron chi connectivity index (χ2n) is 10.00. The summed E-state index contributed by atoms with van der Waals surface area (Å²) in [6.45, 7) is 11.6. The van der Waals surface area contributed by atoms with Crippen molar-refractivity contribution in [3.63, 3.8) is 0 Å². The first-order valence-electron chi connectivity index (χ1n) is 10.9. The Labute approximate surface area is 198 Å². The second kappa shape index (κ2) is 8.12. The van der Waals surface area contributed by atoms with Crippen molar-refractivity contribution in [1.29, 1.82) is 0 Å². The molecule has 3 aromatic rings. The number of carbonyl (C=O) groups excluding carboxylic acids is 1. The van der Waals surface area contributed by atoms with Gasteiger partial charge in [-0.3, -0.25) is 4.79 Å². The van der Waals surface area contributed by atoms with Crippen molar-refractivity contribution < 1.29 is 9.21 Å². The molecule has 4 rings (SSSR count). The van der Waals surface area contributed by atoms with E-state index in [0.717, 1.165) is 15.0 Å². The molecule has 0 aliphatic heterocycles. The van der Waals surface area contributed by atoms with Crippen molar-refractivity contribution in [2.75, 3.05) is 5.32 Å². The van der Waals surface area contributed by atoms with Gasteiger partial charge in [0.15, 0.2) is 5.76 Å². The Kier molecular flexibility index (Phi) is 5.80. The smallest absolute Gasteiger partial charge is 0.291 e. The minimum atomic E-state index is -0.225. The number of halogens is 1. The highest BCUT2D eigenvalue weighted by atomic mass is 127. The van der Waals surface area contributed by atoms with E-state index in [1.807, 2.05) is 30.3 Å². The van der Waals surface area contributed by atoms with Crippen LogP contribution in [-0.2, 0) is 17.3 Å². The zero-order valence-corrected chi connectivity index (χ0v) is 21.1. The highest BCUT2D eigenvalue weighted by Gasteiger charge is 2.37. The maximum Gasteiger partial charge on any atom is 0.291 e. The van der Waals surface area contributed by atoms with Crippen LogP contribution in [0.4, 0.5) is 5.69 Å². The summed E-state index contributed by atoms with van der Waals surface area (Å²) in [5.41, 5.74) is 6.62. The van der Waals surface area contributed by atoms with Crippen LogP contribution in [0.15, 0.2) is 52.9 Å². The van der Waals surface area contributed by atoms with Crippen LogP contribution in [0, 0.1) is 10.5 Å². The van der Waals surface area contributed by atoms with Gasteiger partial charge in [0.2, 0.25) is 0 Å². The summed E-state index contributed by atoms with van der Waals surface area (Å²) in [6, 6.07) is 16.1. The lowest BCUT2D eigenvalue weighted by Crippen LogP contribution is -2.34. The van der Waals surface area contributed by atoms with Crippen LogP contribution in [0.3, 0.4) is 0 Å². The number of carbonyl (C=O) groups is 1. The molecule has 0 spiro atoms. The first-order valence-corrected chi connectivity index (χ1v) is 11.9. The zero-order chi connectivity index (χ0) is 22.4. The molecule has 0 saturated heterocycles. The molecule has 0 bridgehead atoms. The molecule has 1 aliphatic carbocycles. The van der Waals surface area contributed by atoms with Crippen LogP contribution in [0.1, 0.15) is 79.1 Å². The largest absolute Gasteiger partial charge is 0.456 e. The molecule has 162 valence electrons. The highest BCUT2D eigenvalue weighted by molar-refractivity contribution is 14.1. The summed E-state index contributed by atoms with van der Waals surface area (Å²) in [5.74, 6) is 0.923. The van der Waals surface area contributed by atoms with Gasteiger partial charge in [0.1, 0.15) is 5.76 Å². The summed E-state index contributed by atoms with van der Waals surface area (Å²) in [5, 5.41) is 2.90. The number of hydrogen-bond acceptors (Lipinski definition) is 2. The Bertz CT molecular complexity index is 1120. The number of aryl methyl sites for hydroxylation is 1. The molecule has 4 heteroatoms. The van der Waals surface area contributed by atoms with Gasteiger partial charge >= 0.3 is 0 Å². The molecular formula is C27H30INO2. The molecule has 0 atom stereocenters. The van der Waals surface area contributed by atoms with Gasteiger partial charge in [-0.2, -0.15) is 0 Å². The third kappa shape index (κ3) is 4.59. The second-order valence-corrected chi connectivity index (χ2v) is 11.2. The lowest BCUT2D eigenvalue weighted by molar-refractivity contribution is 0.0995. The van der Waals surface area contributed by atoms with Crippen molar-refractivity contribution in [3.05, 3.63) is 85.9 Å². The van der Waals surface area contributed by atoms with Gasteiger partial charge in [-0.1, -0.05) is 39.8 Å². The molecule has 0 saturated carbocycles. The first-order chi connectivity index (χ1) is 14.5. The molecule has 31 heavy (non-hydrogen) atoms. The predicted octanol–water partition coefficient (Wildman–Crippen LogP) is 7.38. The first kappa shape index (κ1) is 22.1. The topological polar surface area (TPSA) is 42.2 Å².